The van der Waals surface area contributed by atoms with Crippen molar-refractivity contribution in [2.45, 2.75) is 13.0 Å². The quantitative estimate of drug-likeness (QED) is 0.168. The Labute approximate surface area is 245 Å². The van der Waals surface area contributed by atoms with Crippen LogP contribution in [0.25, 0.3) is 5.69 Å². The molecule has 4 aromatic carbocycles. The predicted molar refractivity (Wildman–Crippen MR) is 156 cm³/mol. The van der Waals surface area contributed by atoms with Crippen LogP contribution < -0.4 is 10.6 Å². The van der Waals surface area contributed by atoms with Crippen LogP contribution in [0.5, 0.6) is 0 Å². The molecule has 0 radical (unpaired) electrons. The topological polar surface area (TPSA) is 99.3 Å². The smallest absolute Gasteiger partial charge is 0.377 e. The zero-order valence-electron chi connectivity index (χ0n) is 21.6. The van der Waals surface area contributed by atoms with Gasteiger partial charge in [0.2, 0.25) is 0 Å². The molecule has 1 aromatic heterocycles. The van der Waals surface area contributed by atoms with E-state index in [2.05, 4.69) is 10.4 Å². The van der Waals surface area contributed by atoms with E-state index >= 15 is 0 Å². The summed E-state index contributed by atoms with van der Waals surface area (Å²) >= 11 is 12.5. The van der Waals surface area contributed by atoms with Crippen molar-refractivity contribution in [3.05, 3.63) is 140 Å². The molecule has 0 saturated heterocycles. The molecule has 0 saturated carbocycles. The van der Waals surface area contributed by atoms with Crippen LogP contribution in [0.2, 0.25) is 10.0 Å². The number of carbonyl (C=O) groups excluding carboxylic acids is 2. The molecule has 5 rings (SSSR count). The van der Waals surface area contributed by atoms with Crippen LogP contribution in [0.3, 0.4) is 0 Å². The zero-order chi connectivity index (χ0) is 28.8. The van der Waals surface area contributed by atoms with Crippen molar-refractivity contribution in [1.29, 1.82) is 0 Å². The molecule has 0 N–H and O–H groups in total. The average molecular weight is 588 g/mol. The highest BCUT2D eigenvalue weighted by atomic mass is 35.5. The molecule has 0 bridgehead atoms. The van der Waals surface area contributed by atoms with Crippen LogP contribution >= 0.6 is 23.2 Å². The average Bonchev–Trinajstić information content (AvgIpc) is 3.37. The zero-order valence-corrected chi connectivity index (χ0v) is 23.1. The van der Waals surface area contributed by atoms with Gasteiger partial charge in [-0.05, 0) is 64.4 Å². The number of aromatic nitrogens is 4. The standard InChI is InChI=1S/C30H23Cl2N5O4/c31-25-12-7-13-26(32)27(25)36-30(40)37(34-33-36)29(39)35(19-18-21-8-3-1-4-9-21)24-16-14-23(15-17-24)28(38)41-20-22-10-5-2-6-11-22/h1-17H,18-20H2. The molecule has 206 valence electrons. The summed E-state index contributed by atoms with van der Waals surface area (Å²) in [6, 6.07) is 29.3. The number of carbonyl (C=O) groups is 2. The van der Waals surface area contributed by atoms with E-state index in [-0.39, 0.29) is 28.9 Å². The van der Waals surface area contributed by atoms with Gasteiger partial charge < -0.3 is 4.74 Å². The summed E-state index contributed by atoms with van der Waals surface area (Å²) in [6.07, 6.45) is 0.493. The third-order valence-corrected chi connectivity index (χ3v) is 6.85. The van der Waals surface area contributed by atoms with E-state index in [1.54, 1.807) is 42.5 Å². The van der Waals surface area contributed by atoms with Gasteiger partial charge in [-0.25, -0.2) is 14.4 Å². The predicted octanol–water partition coefficient (Wildman–Crippen LogP) is 5.81. The fourth-order valence-electron chi connectivity index (χ4n) is 4.12. The van der Waals surface area contributed by atoms with Gasteiger partial charge in [-0.1, -0.05) is 89.9 Å². The van der Waals surface area contributed by atoms with Crippen molar-refractivity contribution < 1.29 is 14.3 Å². The SMILES string of the molecule is O=C(OCc1ccccc1)c1ccc(N(CCc2ccccc2)C(=O)n2nnn(-c3c(Cl)cccc3Cl)c2=O)cc1. The van der Waals surface area contributed by atoms with Crippen molar-refractivity contribution >= 4 is 40.9 Å². The highest BCUT2D eigenvalue weighted by Crippen LogP contribution is 2.26. The molecular weight excluding hydrogens is 565 g/mol. The minimum Gasteiger partial charge on any atom is -0.457 e. The number of anilines is 1. The molecule has 0 unspecified atom stereocenters. The lowest BCUT2D eigenvalue weighted by Crippen LogP contribution is -2.42. The Bertz CT molecular complexity index is 1700. The van der Waals surface area contributed by atoms with Crippen molar-refractivity contribution in [2.24, 2.45) is 0 Å². The molecule has 0 atom stereocenters. The molecule has 0 aliphatic rings. The van der Waals surface area contributed by atoms with Gasteiger partial charge in [0.25, 0.3) is 0 Å². The second-order valence-electron chi connectivity index (χ2n) is 8.93. The number of halogens is 2. The van der Waals surface area contributed by atoms with Crippen molar-refractivity contribution in [3.63, 3.8) is 0 Å². The highest BCUT2D eigenvalue weighted by Gasteiger charge is 2.25. The van der Waals surface area contributed by atoms with Crippen LogP contribution in [-0.4, -0.2) is 38.3 Å². The number of hydrogen-bond acceptors (Lipinski definition) is 6. The molecule has 0 spiro atoms. The number of rotatable bonds is 8. The minimum absolute atomic E-state index is 0.120. The lowest BCUT2D eigenvalue weighted by Gasteiger charge is -2.22. The Hall–Kier alpha value is -4.73. The van der Waals surface area contributed by atoms with Crippen LogP contribution in [0.4, 0.5) is 10.5 Å². The third-order valence-electron chi connectivity index (χ3n) is 6.24. The first-order valence-electron chi connectivity index (χ1n) is 12.6. The normalized spacial score (nSPS) is 10.8. The third kappa shape index (κ3) is 6.37. The van der Waals surface area contributed by atoms with E-state index in [9.17, 15) is 14.4 Å². The number of amides is 1. The van der Waals surface area contributed by atoms with Crippen molar-refractivity contribution in [2.75, 3.05) is 11.4 Å². The number of para-hydroxylation sites is 1. The van der Waals surface area contributed by atoms with Crippen LogP contribution in [-0.2, 0) is 17.8 Å². The van der Waals surface area contributed by atoms with Crippen LogP contribution in [0, 0.1) is 0 Å². The number of esters is 1. The lowest BCUT2D eigenvalue weighted by molar-refractivity contribution is 0.0472. The summed E-state index contributed by atoms with van der Waals surface area (Å²) in [4.78, 5) is 40.9. The Morgan fingerprint density at radius 2 is 1.37 bits per heavy atom. The molecule has 9 nitrogen and oxygen atoms in total. The number of ether oxygens (including phenoxy) is 1. The molecule has 1 amide bonds. The summed E-state index contributed by atoms with van der Waals surface area (Å²) in [5, 5.41) is 8.01. The molecule has 41 heavy (non-hydrogen) atoms. The van der Waals surface area contributed by atoms with Gasteiger partial charge in [-0.3, -0.25) is 4.90 Å². The summed E-state index contributed by atoms with van der Waals surface area (Å²) in [5.74, 6) is -0.502. The fourth-order valence-corrected chi connectivity index (χ4v) is 4.67. The van der Waals surface area contributed by atoms with E-state index in [4.69, 9.17) is 27.9 Å². The van der Waals surface area contributed by atoms with Gasteiger partial charge in [-0.2, -0.15) is 4.68 Å². The Balaban J connectivity index is 1.41. The summed E-state index contributed by atoms with van der Waals surface area (Å²) in [6.45, 7) is 0.351. The number of benzene rings is 4. The molecule has 1 heterocycles. The van der Waals surface area contributed by atoms with E-state index in [0.29, 0.717) is 22.4 Å². The number of hydrogen-bond donors (Lipinski definition) is 0. The monoisotopic (exact) mass is 587 g/mol. The number of tetrazole rings is 1. The maximum absolute atomic E-state index is 13.7. The van der Waals surface area contributed by atoms with E-state index in [0.717, 1.165) is 15.8 Å². The van der Waals surface area contributed by atoms with E-state index < -0.39 is 17.7 Å². The first-order valence-corrected chi connectivity index (χ1v) is 13.3. The maximum atomic E-state index is 13.7. The van der Waals surface area contributed by atoms with Crippen LogP contribution in [0.15, 0.2) is 108 Å². The minimum atomic E-state index is -0.837. The molecule has 5 aromatic rings. The molecule has 0 aliphatic heterocycles. The molecular formula is C30H23Cl2N5O4. The summed E-state index contributed by atoms with van der Waals surface area (Å²) in [5.41, 5.74) is 1.90. The molecule has 11 heteroatoms. The Kier molecular flexibility index (Phi) is 8.57. The van der Waals surface area contributed by atoms with Gasteiger partial charge in [0.05, 0.1) is 15.6 Å². The highest BCUT2D eigenvalue weighted by molar-refractivity contribution is 6.37. The van der Waals surface area contributed by atoms with E-state index in [1.807, 2.05) is 60.7 Å². The van der Waals surface area contributed by atoms with Crippen molar-refractivity contribution in [3.8, 4) is 5.69 Å². The van der Waals surface area contributed by atoms with Gasteiger partial charge >= 0.3 is 17.7 Å². The van der Waals surface area contributed by atoms with Crippen LogP contribution in [0.1, 0.15) is 21.5 Å². The van der Waals surface area contributed by atoms with Gasteiger partial charge in [-0.15, -0.1) is 4.68 Å². The first kappa shape index (κ1) is 27.8. The lowest BCUT2D eigenvalue weighted by atomic mass is 10.1. The summed E-state index contributed by atoms with van der Waals surface area (Å²) < 4.78 is 6.93. The Morgan fingerprint density at radius 1 is 0.756 bits per heavy atom. The maximum Gasteiger partial charge on any atom is 0.377 e. The van der Waals surface area contributed by atoms with Gasteiger partial charge in [0.15, 0.2) is 0 Å². The second-order valence-corrected chi connectivity index (χ2v) is 9.75. The second kappa shape index (κ2) is 12.6. The summed E-state index contributed by atoms with van der Waals surface area (Å²) in [7, 11) is 0. The van der Waals surface area contributed by atoms with Crippen molar-refractivity contribution in [1.82, 2.24) is 19.8 Å². The first-order chi connectivity index (χ1) is 19.9. The number of nitrogens with zero attached hydrogens (tertiary/aromatic N) is 5. The molecule has 0 fully saturated rings. The largest absolute Gasteiger partial charge is 0.457 e. The molecule has 0 aliphatic carbocycles. The fraction of sp³-hybridized carbons (Fsp3) is 0.100. The van der Waals surface area contributed by atoms with Gasteiger partial charge in [0.1, 0.15) is 12.3 Å². The van der Waals surface area contributed by atoms with Gasteiger partial charge in [0, 0.05) is 12.2 Å². The van der Waals surface area contributed by atoms with E-state index in [1.165, 1.54) is 4.90 Å². The Morgan fingerprint density at radius 3 is 2.00 bits per heavy atom.